The third-order valence-electron chi connectivity index (χ3n) is 3.47. The van der Waals surface area contributed by atoms with Crippen LogP contribution in [0.4, 0.5) is 8.78 Å². The molecule has 0 aliphatic heterocycles. The van der Waals surface area contributed by atoms with Gasteiger partial charge in [-0.15, -0.1) is 0 Å². The molecule has 1 aromatic heterocycles. The summed E-state index contributed by atoms with van der Waals surface area (Å²) in [5, 5.41) is 4.44. The second kappa shape index (κ2) is 7.43. The van der Waals surface area contributed by atoms with E-state index in [1.165, 1.54) is 0 Å². The van der Waals surface area contributed by atoms with E-state index in [0.717, 1.165) is 17.7 Å². The molecule has 0 saturated heterocycles. The van der Waals surface area contributed by atoms with E-state index in [2.05, 4.69) is 21.1 Å². The zero-order valence-corrected chi connectivity index (χ0v) is 15.3. The molecule has 0 radical (unpaired) electrons. The maximum Gasteiger partial charge on any atom is 0.254 e. The lowest BCUT2D eigenvalue weighted by Gasteiger charge is -2.08. The van der Waals surface area contributed by atoms with Gasteiger partial charge in [-0.05, 0) is 52.3 Å². The van der Waals surface area contributed by atoms with Gasteiger partial charge >= 0.3 is 0 Å². The molecule has 0 fully saturated rings. The standard InChI is InChI=1S/C17H10BrClF2N2O3/c18-14-11(23-26-16(14)8-1-3-9(19)4-2-8)7-25-12-6-5-10(20)13(15(12)21)17(22)24/h1-6H,7H2,(H2,22,24). The highest BCUT2D eigenvalue weighted by atomic mass is 79.9. The van der Waals surface area contributed by atoms with Gasteiger partial charge < -0.3 is 15.0 Å². The topological polar surface area (TPSA) is 78.4 Å². The predicted molar refractivity (Wildman–Crippen MR) is 93.9 cm³/mol. The Morgan fingerprint density at radius 1 is 1.23 bits per heavy atom. The molecule has 1 amide bonds. The van der Waals surface area contributed by atoms with Crippen LogP contribution in [0.15, 0.2) is 45.4 Å². The Morgan fingerprint density at radius 3 is 2.58 bits per heavy atom. The number of ether oxygens (including phenoxy) is 1. The van der Waals surface area contributed by atoms with E-state index in [0.29, 0.717) is 20.9 Å². The van der Waals surface area contributed by atoms with E-state index in [1.54, 1.807) is 24.3 Å². The summed E-state index contributed by atoms with van der Waals surface area (Å²) in [6, 6.07) is 8.84. The van der Waals surface area contributed by atoms with Crippen molar-refractivity contribution in [2.45, 2.75) is 6.61 Å². The number of carbonyl (C=O) groups excluding carboxylic acids is 1. The number of carbonyl (C=O) groups is 1. The molecule has 2 N–H and O–H groups in total. The van der Waals surface area contributed by atoms with E-state index < -0.39 is 23.1 Å². The SMILES string of the molecule is NC(=O)c1c(F)ccc(OCc2noc(-c3ccc(Cl)cc3)c2Br)c1F. The number of hydrogen-bond donors (Lipinski definition) is 1. The molecule has 0 aliphatic carbocycles. The van der Waals surface area contributed by atoms with Crippen LogP contribution in [0.25, 0.3) is 11.3 Å². The van der Waals surface area contributed by atoms with E-state index in [4.69, 9.17) is 26.6 Å². The molecule has 3 rings (SSSR count). The minimum Gasteiger partial charge on any atom is -0.484 e. The number of amides is 1. The van der Waals surface area contributed by atoms with Gasteiger partial charge in [0, 0.05) is 10.6 Å². The fourth-order valence-electron chi connectivity index (χ4n) is 2.20. The van der Waals surface area contributed by atoms with Crippen molar-refractivity contribution in [1.82, 2.24) is 5.16 Å². The lowest BCUT2D eigenvalue weighted by Crippen LogP contribution is -2.16. The Hall–Kier alpha value is -2.45. The van der Waals surface area contributed by atoms with Gasteiger partial charge in [-0.1, -0.05) is 16.8 Å². The number of hydrogen-bond acceptors (Lipinski definition) is 4. The van der Waals surface area contributed by atoms with Crippen molar-refractivity contribution in [3.05, 3.63) is 68.8 Å². The fourth-order valence-corrected chi connectivity index (χ4v) is 2.81. The van der Waals surface area contributed by atoms with Gasteiger partial charge in [-0.3, -0.25) is 4.79 Å². The number of nitrogens with zero attached hydrogens (tertiary/aromatic N) is 1. The van der Waals surface area contributed by atoms with Gasteiger partial charge in [-0.25, -0.2) is 8.78 Å². The molecule has 0 saturated carbocycles. The second-order valence-corrected chi connectivity index (χ2v) is 6.40. The molecule has 2 aromatic carbocycles. The quantitative estimate of drug-likeness (QED) is 0.619. The summed E-state index contributed by atoms with van der Waals surface area (Å²) in [6.45, 7) is -0.182. The number of aromatic nitrogens is 1. The van der Waals surface area contributed by atoms with Crippen LogP contribution in [0.2, 0.25) is 5.02 Å². The molecule has 26 heavy (non-hydrogen) atoms. The van der Waals surface area contributed by atoms with E-state index in [9.17, 15) is 13.6 Å². The summed E-state index contributed by atoms with van der Waals surface area (Å²) in [4.78, 5) is 11.1. The Labute approximate surface area is 159 Å². The first-order chi connectivity index (χ1) is 12.4. The Bertz CT molecular complexity index is 977. The van der Waals surface area contributed by atoms with Crippen LogP contribution in [0.5, 0.6) is 5.75 Å². The van der Waals surface area contributed by atoms with Gasteiger partial charge in [0.15, 0.2) is 17.3 Å². The average Bonchev–Trinajstić information content (AvgIpc) is 2.95. The summed E-state index contributed by atoms with van der Waals surface area (Å²) in [5.74, 6) is -3.34. The van der Waals surface area contributed by atoms with E-state index in [1.807, 2.05) is 0 Å². The average molecular weight is 444 g/mol. The van der Waals surface area contributed by atoms with Crippen molar-refractivity contribution in [3.8, 4) is 17.1 Å². The monoisotopic (exact) mass is 442 g/mol. The highest BCUT2D eigenvalue weighted by molar-refractivity contribution is 9.10. The number of nitrogens with two attached hydrogens (primary N) is 1. The maximum absolute atomic E-state index is 14.2. The molecule has 9 heteroatoms. The van der Waals surface area contributed by atoms with Gasteiger partial charge in [0.25, 0.3) is 5.91 Å². The highest BCUT2D eigenvalue weighted by Crippen LogP contribution is 2.33. The molecule has 0 aliphatic rings. The molecule has 5 nitrogen and oxygen atoms in total. The third kappa shape index (κ3) is 3.56. The zero-order chi connectivity index (χ0) is 18.8. The Kier molecular flexibility index (Phi) is 5.24. The summed E-state index contributed by atoms with van der Waals surface area (Å²) in [5.41, 5.74) is 5.19. The van der Waals surface area contributed by atoms with Gasteiger partial charge in [-0.2, -0.15) is 0 Å². The Morgan fingerprint density at radius 2 is 1.92 bits per heavy atom. The number of rotatable bonds is 5. The van der Waals surface area contributed by atoms with Gasteiger partial charge in [0.05, 0.1) is 4.47 Å². The summed E-state index contributed by atoms with van der Waals surface area (Å²) in [7, 11) is 0. The number of benzene rings is 2. The van der Waals surface area contributed by atoms with Crippen LogP contribution in [0.3, 0.4) is 0 Å². The van der Waals surface area contributed by atoms with Crippen LogP contribution in [-0.2, 0) is 6.61 Å². The van der Waals surface area contributed by atoms with Crippen LogP contribution >= 0.6 is 27.5 Å². The Balaban J connectivity index is 1.82. The molecule has 134 valence electrons. The normalized spacial score (nSPS) is 10.8. The fraction of sp³-hybridized carbons (Fsp3) is 0.0588. The highest BCUT2D eigenvalue weighted by Gasteiger charge is 2.21. The first kappa shape index (κ1) is 18.3. The molecule has 1 heterocycles. The third-order valence-corrected chi connectivity index (χ3v) is 4.54. The smallest absolute Gasteiger partial charge is 0.254 e. The van der Waals surface area contributed by atoms with Gasteiger partial charge in [0.2, 0.25) is 0 Å². The number of halogens is 4. The molecule has 0 atom stereocenters. The minimum absolute atomic E-state index is 0.182. The van der Waals surface area contributed by atoms with Crippen LogP contribution in [0.1, 0.15) is 16.1 Å². The summed E-state index contributed by atoms with van der Waals surface area (Å²) in [6.07, 6.45) is 0. The van der Waals surface area contributed by atoms with E-state index >= 15 is 0 Å². The maximum atomic E-state index is 14.2. The largest absolute Gasteiger partial charge is 0.484 e. The summed E-state index contributed by atoms with van der Waals surface area (Å²) < 4.78 is 38.7. The predicted octanol–water partition coefficient (Wildman–Crippen LogP) is 4.71. The van der Waals surface area contributed by atoms with Gasteiger partial charge in [0.1, 0.15) is 23.7 Å². The lowest BCUT2D eigenvalue weighted by atomic mass is 10.1. The molecular formula is C17H10BrClF2N2O3. The van der Waals surface area contributed by atoms with Crippen molar-refractivity contribution in [1.29, 1.82) is 0 Å². The first-order valence-electron chi connectivity index (χ1n) is 7.19. The molecular weight excluding hydrogens is 434 g/mol. The van der Waals surface area contributed by atoms with Crippen molar-refractivity contribution >= 4 is 33.4 Å². The molecule has 0 bridgehead atoms. The first-order valence-corrected chi connectivity index (χ1v) is 8.36. The molecule has 0 unspecified atom stereocenters. The van der Waals surface area contributed by atoms with Crippen LogP contribution in [0, 0.1) is 11.6 Å². The van der Waals surface area contributed by atoms with Crippen molar-refractivity contribution in [2.24, 2.45) is 5.73 Å². The number of primary amides is 1. The second-order valence-electron chi connectivity index (χ2n) is 5.17. The van der Waals surface area contributed by atoms with Crippen molar-refractivity contribution < 1.29 is 22.8 Å². The molecule has 0 spiro atoms. The van der Waals surface area contributed by atoms with Crippen molar-refractivity contribution in [2.75, 3.05) is 0 Å². The zero-order valence-electron chi connectivity index (χ0n) is 12.9. The minimum atomic E-state index is -1.22. The van der Waals surface area contributed by atoms with Crippen LogP contribution < -0.4 is 10.5 Å². The van der Waals surface area contributed by atoms with Crippen molar-refractivity contribution in [3.63, 3.8) is 0 Å². The lowest BCUT2D eigenvalue weighted by molar-refractivity contribution is 0.0991. The molecule has 3 aromatic rings. The summed E-state index contributed by atoms with van der Waals surface area (Å²) >= 11 is 9.20. The van der Waals surface area contributed by atoms with Crippen LogP contribution in [-0.4, -0.2) is 11.1 Å². The van der Waals surface area contributed by atoms with E-state index in [-0.39, 0.29) is 12.4 Å².